The summed E-state index contributed by atoms with van der Waals surface area (Å²) in [7, 11) is 0. The first-order valence-corrected chi connectivity index (χ1v) is 2.13. The molecule has 35 valence electrons. The molecule has 0 saturated carbocycles. The van der Waals surface area contributed by atoms with Crippen molar-refractivity contribution in [1.29, 1.82) is 0 Å². The minimum absolute atomic E-state index is 0.120. The zero-order chi connectivity index (χ0) is 4.41. The highest BCUT2D eigenvalue weighted by Gasteiger charge is 2.08. The van der Waals surface area contributed by atoms with E-state index in [9.17, 15) is 0 Å². The van der Waals surface area contributed by atoms with Crippen LogP contribution in [0.2, 0.25) is 0 Å². The van der Waals surface area contributed by atoms with Gasteiger partial charge in [-0.15, -0.1) is 0 Å². The molecule has 0 aliphatic carbocycles. The summed E-state index contributed by atoms with van der Waals surface area (Å²) in [5, 5.41) is 11.5. The summed E-state index contributed by atoms with van der Waals surface area (Å²) in [5.41, 5.74) is 0. The molecule has 1 saturated heterocycles. The van der Waals surface area contributed by atoms with E-state index in [1.807, 2.05) is 6.54 Å². The zero-order valence-electron chi connectivity index (χ0n) is 3.52. The average Bonchev–Trinajstić information content (AvgIpc) is 1.86. The monoisotopic (exact) mass is 86.1 g/mol. The normalized spacial score (nSPS) is 34.5. The van der Waals surface area contributed by atoms with Gasteiger partial charge in [-0.1, -0.05) is 0 Å². The summed E-state index contributed by atoms with van der Waals surface area (Å²) in [6.45, 7) is 2.62. The third-order valence-electron chi connectivity index (χ3n) is 0.888. The highest BCUT2D eigenvalue weighted by atomic mass is 16.3. The number of β-amino-alcohol motifs (C(OH)–C–C–N with tert-alkyl or cyclic N) is 1. The van der Waals surface area contributed by atoms with E-state index in [2.05, 4.69) is 5.32 Å². The first-order chi connectivity index (χ1) is 2.89. The number of aliphatic hydroxyl groups excluding tert-OH is 1. The SMILES string of the molecule is O[C@@H]1C[CH]NC1. The lowest BCUT2D eigenvalue weighted by Crippen LogP contribution is -2.10. The van der Waals surface area contributed by atoms with Gasteiger partial charge in [0, 0.05) is 13.1 Å². The second-order valence-electron chi connectivity index (χ2n) is 1.50. The van der Waals surface area contributed by atoms with Crippen molar-refractivity contribution in [3.8, 4) is 0 Å². The zero-order valence-corrected chi connectivity index (χ0v) is 3.52. The van der Waals surface area contributed by atoms with Crippen LogP contribution in [0.4, 0.5) is 0 Å². The Morgan fingerprint density at radius 1 is 1.83 bits per heavy atom. The van der Waals surface area contributed by atoms with Gasteiger partial charge in [0.05, 0.1) is 6.10 Å². The third kappa shape index (κ3) is 0.698. The summed E-state index contributed by atoms with van der Waals surface area (Å²) in [6.07, 6.45) is 0.685. The van der Waals surface area contributed by atoms with Crippen LogP contribution in [0, 0.1) is 6.54 Å². The molecule has 0 spiro atoms. The summed E-state index contributed by atoms with van der Waals surface area (Å²) in [6, 6.07) is 0. The molecule has 1 rings (SSSR count). The van der Waals surface area contributed by atoms with E-state index in [0.717, 1.165) is 13.0 Å². The molecular formula is C4H8NO. The van der Waals surface area contributed by atoms with Crippen LogP contribution in [0.25, 0.3) is 0 Å². The van der Waals surface area contributed by atoms with Crippen LogP contribution in [0.1, 0.15) is 6.42 Å². The summed E-state index contributed by atoms with van der Waals surface area (Å²) in [5.74, 6) is 0. The van der Waals surface area contributed by atoms with Crippen molar-refractivity contribution in [3.05, 3.63) is 6.54 Å². The Morgan fingerprint density at radius 2 is 2.67 bits per heavy atom. The Labute approximate surface area is 37.2 Å². The predicted octanol–water partition coefficient (Wildman–Crippen LogP) is -0.498. The Morgan fingerprint density at radius 3 is 2.83 bits per heavy atom. The molecule has 2 heteroatoms. The fourth-order valence-corrected chi connectivity index (χ4v) is 0.522. The van der Waals surface area contributed by atoms with Crippen molar-refractivity contribution in [2.24, 2.45) is 0 Å². The molecule has 0 amide bonds. The van der Waals surface area contributed by atoms with Gasteiger partial charge in [-0.2, -0.15) is 0 Å². The average molecular weight is 86.1 g/mol. The van der Waals surface area contributed by atoms with Crippen molar-refractivity contribution in [2.75, 3.05) is 6.54 Å². The highest BCUT2D eigenvalue weighted by Crippen LogP contribution is 1.98. The maximum atomic E-state index is 8.64. The Balaban J connectivity index is 2.18. The summed E-state index contributed by atoms with van der Waals surface area (Å²) >= 11 is 0. The van der Waals surface area contributed by atoms with Crippen LogP contribution in [-0.2, 0) is 0 Å². The molecule has 6 heavy (non-hydrogen) atoms. The minimum Gasteiger partial charge on any atom is -0.392 e. The van der Waals surface area contributed by atoms with Crippen molar-refractivity contribution in [1.82, 2.24) is 5.32 Å². The van der Waals surface area contributed by atoms with Gasteiger partial charge in [0.25, 0.3) is 0 Å². The van der Waals surface area contributed by atoms with Crippen LogP contribution in [0.3, 0.4) is 0 Å². The van der Waals surface area contributed by atoms with E-state index in [0.29, 0.717) is 0 Å². The molecule has 0 bridgehead atoms. The van der Waals surface area contributed by atoms with Gasteiger partial charge in [-0.05, 0) is 6.42 Å². The van der Waals surface area contributed by atoms with Gasteiger partial charge in [-0.25, -0.2) is 0 Å². The summed E-state index contributed by atoms with van der Waals surface area (Å²) < 4.78 is 0. The third-order valence-corrected chi connectivity index (χ3v) is 0.888. The van der Waals surface area contributed by atoms with E-state index in [-0.39, 0.29) is 6.10 Å². The van der Waals surface area contributed by atoms with Crippen molar-refractivity contribution in [2.45, 2.75) is 12.5 Å². The molecule has 1 heterocycles. The topological polar surface area (TPSA) is 32.3 Å². The van der Waals surface area contributed by atoms with E-state index >= 15 is 0 Å². The predicted molar refractivity (Wildman–Crippen MR) is 22.9 cm³/mol. The fraction of sp³-hybridized carbons (Fsp3) is 0.750. The largest absolute Gasteiger partial charge is 0.392 e. The molecule has 0 aromatic heterocycles. The van der Waals surface area contributed by atoms with Gasteiger partial charge in [0.1, 0.15) is 0 Å². The Kier molecular flexibility index (Phi) is 1.08. The van der Waals surface area contributed by atoms with Crippen LogP contribution in [0.5, 0.6) is 0 Å². The molecule has 2 N–H and O–H groups in total. The Bertz CT molecular complexity index is 40.8. The van der Waals surface area contributed by atoms with Gasteiger partial charge >= 0.3 is 0 Å². The first-order valence-electron chi connectivity index (χ1n) is 2.13. The number of rotatable bonds is 0. The number of aliphatic hydroxyl groups is 1. The molecule has 1 atom stereocenters. The number of hydrogen-bond acceptors (Lipinski definition) is 2. The molecule has 2 nitrogen and oxygen atoms in total. The lowest BCUT2D eigenvalue weighted by molar-refractivity contribution is 0.198. The maximum absolute atomic E-state index is 8.64. The quantitative estimate of drug-likeness (QED) is 0.416. The van der Waals surface area contributed by atoms with Gasteiger partial charge in [0.2, 0.25) is 0 Å². The van der Waals surface area contributed by atoms with E-state index in [1.54, 1.807) is 0 Å². The van der Waals surface area contributed by atoms with Crippen molar-refractivity contribution < 1.29 is 5.11 Å². The molecule has 1 aliphatic heterocycles. The van der Waals surface area contributed by atoms with Crippen LogP contribution in [0.15, 0.2) is 0 Å². The van der Waals surface area contributed by atoms with E-state index < -0.39 is 0 Å². The van der Waals surface area contributed by atoms with Crippen molar-refractivity contribution in [3.63, 3.8) is 0 Å². The van der Waals surface area contributed by atoms with Gasteiger partial charge in [-0.3, -0.25) is 0 Å². The molecule has 1 fully saturated rings. The van der Waals surface area contributed by atoms with E-state index in [1.165, 1.54) is 0 Å². The molecule has 0 unspecified atom stereocenters. The van der Waals surface area contributed by atoms with Gasteiger partial charge in [0.15, 0.2) is 0 Å². The fourth-order valence-electron chi connectivity index (χ4n) is 0.522. The lowest BCUT2D eigenvalue weighted by atomic mass is 10.3. The maximum Gasteiger partial charge on any atom is 0.0680 e. The van der Waals surface area contributed by atoms with Gasteiger partial charge < -0.3 is 10.4 Å². The standard InChI is InChI=1S/C4H8NO/c6-4-1-2-5-3-4/h2,4-6H,1,3H2/t4-/m1/s1. The highest BCUT2D eigenvalue weighted by molar-refractivity contribution is 4.78. The second kappa shape index (κ2) is 1.58. The molecular weight excluding hydrogens is 78.0 g/mol. The minimum atomic E-state index is -0.120. The smallest absolute Gasteiger partial charge is 0.0680 e. The first kappa shape index (κ1) is 4.09. The van der Waals surface area contributed by atoms with E-state index in [4.69, 9.17) is 5.11 Å². The molecule has 1 aliphatic rings. The molecule has 0 aromatic carbocycles. The van der Waals surface area contributed by atoms with Crippen LogP contribution in [-0.4, -0.2) is 17.8 Å². The van der Waals surface area contributed by atoms with Crippen LogP contribution >= 0.6 is 0 Å². The molecule has 1 radical (unpaired) electrons. The number of hydrogen-bond donors (Lipinski definition) is 2. The molecule has 0 aromatic rings. The second-order valence-corrected chi connectivity index (χ2v) is 1.50. The lowest BCUT2D eigenvalue weighted by Gasteiger charge is -1.90. The number of nitrogens with one attached hydrogen (secondary N) is 1. The van der Waals surface area contributed by atoms with Crippen molar-refractivity contribution >= 4 is 0 Å². The summed E-state index contributed by atoms with van der Waals surface area (Å²) in [4.78, 5) is 0. The van der Waals surface area contributed by atoms with Crippen LogP contribution < -0.4 is 5.32 Å². The Hall–Kier alpha value is -0.0800.